The number of rotatable bonds is 7. The molecule has 1 aliphatic rings. The minimum atomic E-state index is -3.59. The highest BCUT2D eigenvalue weighted by atomic mass is 32.2. The lowest BCUT2D eigenvalue weighted by Gasteiger charge is -2.13. The lowest BCUT2D eigenvalue weighted by Crippen LogP contribution is -2.24. The van der Waals surface area contributed by atoms with Crippen molar-refractivity contribution in [3.63, 3.8) is 0 Å². The van der Waals surface area contributed by atoms with E-state index in [2.05, 4.69) is 10.3 Å². The summed E-state index contributed by atoms with van der Waals surface area (Å²) >= 11 is 0. The minimum Gasteiger partial charge on any atom is -0.440 e. The van der Waals surface area contributed by atoms with Gasteiger partial charge in [-0.05, 0) is 51.2 Å². The lowest BCUT2D eigenvalue weighted by atomic mass is 10.2. The molecule has 152 valence electrons. The van der Waals surface area contributed by atoms with Gasteiger partial charge in [-0.2, -0.15) is 0 Å². The maximum absolute atomic E-state index is 12.8. The van der Waals surface area contributed by atoms with Crippen molar-refractivity contribution in [2.75, 3.05) is 31.7 Å². The van der Waals surface area contributed by atoms with Gasteiger partial charge in [0.1, 0.15) is 5.52 Å². The molecule has 0 unspecified atom stereocenters. The molecular weight excluding hydrogens is 390 g/mol. The summed E-state index contributed by atoms with van der Waals surface area (Å²) in [6.07, 6.45) is 2.19. The van der Waals surface area contributed by atoms with Gasteiger partial charge in [0.2, 0.25) is 0 Å². The summed E-state index contributed by atoms with van der Waals surface area (Å²) in [7, 11) is 0.0276. The van der Waals surface area contributed by atoms with Gasteiger partial charge in [0.25, 0.3) is 5.91 Å². The van der Waals surface area contributed by atoms with Crippen LogP contribution in [0, 0.1) is 0 Å². The van der Waals surface area contributed by atoms with Crippen LogP contribution in [0.1, 0.15) is 35.0 Å². The summed E-state index contributed by atoms with van der Waals surface area (Å²) in [4.78, 5) is 19.2. The van der Waals surface area contributed by atoms with Crippen LogP contribution in [0.25, 0.3) is 11.1 Å². The van der Waals surface area contributed by atoms with Gasteiger partial charge in [0.15, 0.2) is 21.3 Å². The van der Waals surface area contributed by atoms with Gasteiger partial charge in [-0.15, -0.1) is 0 Å². The highest BCUT2D eigenvalue weighted by Gasteiger charge is 2.29. The second-order valence-electron chi connectivity index (χ2n) is 7.58. The van der Waals surface area contributed by atoms with Crippen LogP contribution in [0.3, 0.4) is 0 Å². The number of amides is 1. The Morgan fingerprint density at radius 1 is 1.21 bits per heavy atom. The number of nitrogens with one attached hydrogen (secondary N) is 1. The van der Waals surface area contributed by atoms with E-state index < -0.39 is 15.7 Å². The third-order valence-corrected chi connectivity index (χ3v) is 6.61. The molecule has 1 amide bonds. The van der Waals surface area contributed by atoms with Gasteiger partial charge in [0.05, 0.1) is 16.2 Å². The van der Waals surface area contributed by atoms with Gasteiger partial charge >= 0.3 is 0 Å². The van der Waals surface area contributed by atoms with Crippen LogP contribution in [-0.4, -0.2) is 50.6 Å². The Hall–Kier alpha value is -2.71. The number of fused-ring (bicyclic) bond motifs is 1. The quantitative estimate of drug-likeness (QED) is 0.639. The van der Waals surface area contributed by atoms with E-state index in [1.54, 1.807) is 35.2 Å². The van der Waals surface area contributed by atoms with Crippen molar-refractivity contribution in [1.82, 2.24) is 9.88 Å². The zero-order valence-electron chi connectivity index (χ0n) is 16.4. The number of sulfone groups is 1. The van der Waals surface area contributed by atoms with E-state index in [4.69, 9.17) is 4.42 Å². The van der Waals surface area contributed by atoms with Crippen LogP contribution in [-0.2, 0) is 9.84 Å². The highest BCUT2D eigenvalue weighted by Crippen LogP contribution is 2.40. The second kappa shape index (κ2) is 7.61. The summed E-state index contributed by atoms with van der Waals surface area (Å²) in [6, 6.07) is 11.5. The number of anilines is 1. The maximum atomic E-state index is 12.8. The Labute approximate surface area is 169 Å². The summed E-state index contributed by atoms with van der Waals surface area (Å²) in [5.41, 5.74) is 2.01. The minimum absolute atomic E-state index is 0.0381. The van der Waals surface area contributed by atoms with Gasteiger partial charge in [0, 0.05) is 24.2 Å². The summed E-state index contributed by atoms with van der Waals surface area (Å²) in [5, 5.41) is 2.78. The van der Waals surface area contributed by atoms with Gasteiger partial charge < -0.3 is 14.6 Å². The Morgan fingerprint density at radius 2 is 1.97 bits per heavy atom. The third-order valence-electron chi connectivity index (χ3n) is 4.86. The van der Waals surface area contributed by atoms with Crippen molar-refractivity contribution < 1.29 is 17.6 Å². The van der Waals surface area contributed by atoms with Crippen molar-refractivity contribution >= 4 is 32.5 Å². The van der Waals surface area contributed by atoms with Gasteiger partial charge in [-0.3, -0.25) is 4.79 Å². The molecule has 0 radical (unpaired) electrons. The number of carbonyl (C=O) groups excluding carboxylic acids is 1. The molecule has 0 spiro atoms. The monoisotopic (exact) mass is 413 g/mol. The molecule has 0 aliphatic heterocycles. The molecule has 1 aromatic heterocycles. The first-order valence-electron chi connectivity index (χ1n) is 9.52. The molecule has 1 aliphatic carbocycles. The van der Waals surface area contributed by atoms with Crippen LogP contribution in [0.2, 0.25) is 0 Å². The molecule has 29 heavy (non-hydrogen) atoms. The average molecular weight is 413 g/mol. The summed E-state index contributed by atoms with van der Waals surface area (Å²) in [6.45, 7) is 0.379. The first-order chi connectivity index (χ1) is 13.8. The smallest absolute Gasteiger partial charge is 0.256 e. The molecule has 4 rings (SSSR count). The van der Waals surface area contributed by atoms with Crippen LogP contribution < -0.4 is 5.32 Å². The number of aromatic nitrogens is 1. The van der Waals surface area contributed by atoms with Crippen LogP contribution in [0.4, 0.5) is 5.69 Å². The molecule has 7 nitrogen and oxygen atoms in total. The molecule has 2 aromatic carbocycles. The molecule has 8 heteroatoms. The first kappa shape index (κ1) is 19.6. The zero-order valence-corrected chi connectivity index (χ0v) is 17.2. The Bertz CT molecular complexity index is 1160. The predicted octanol–water partition coefficient (Wildman–Crippen LogP) is 3.29. The fourth-order valence-electron chi connectivity index (χ4n) is 3.06. The Morgan fingerprint density at radius 3 is 2.69 bits per heavy atom. The fourth-order valence-corrected chi connectivity index (χ4v) is 4.67. The third kappa shape index (κ3) is 4.33. The van der Waals surface area contributed by atoms with E-state index >= 15 is 0 Å². The van der Waals surface area contributed by atoms with E-state index in [1.807, 2.05) is 14.1 Å². The van der Waals surface area contributed by atoms with Crippen molar-refractivity contribution in [3.05, 3.63) is 53.9 Å². The zero-order chi connectivity index (χ0) is 20.6. The normalized spacial score (nSPS) is 14.4. The topological polar surface area (TPSA) is 92.5 Å². The fraction of sp³-hybridized carbons (Fsp3) is 0.333. The lowest BCUT2D eigenvalue weighted by molar-refractivity contribution is 0.102. The van der Waals surface area contributed by atoms with Gasteiger partial charge in [-0.1, -0.05) is 12.1 Å². The van der Waals surface area contributed by atoms with E-state index in [9.17, 15) is 13.2 Å². The molecule has 0 atom stereocenters. The SMILES string of the molecule is CN(C)CCS(=O)(=O)c1ccccc1C(=O)Nc1ccc2nc(C3CC3)oc2c1. The van der Waals surface area contributed by atoms with Gasteiger partial charge in [-0.25, -0.2) is 13.4 Å². The molecule has 1 N–H and O–H groups in total. The van der Waals surface area contributed by atoms with E-state index in [-0.39, 0.29) is 16.2 Å². The van der Waals surface area contributed by atoms with Crippen molar-refractivity contribution in [2.24, 2.45) is 0 Å². The number of carbonyl (C=O) groups is 1. The van der Waals surface area contributed by atoms with Crippen LogP contribution in [0.5, 0.6) is 0 Å². The van der Waals surface area contributed by atoms with Crippen LogP contribution >= 0.6 is 0 Å². The summed E-state index contributed by atoms with van der Waals surface area (Å²) < 4.78 is 31.3. The van der Waals surface area contributed by atoms with E-state index in [0.29, 0.717) is 23.7 Å². The molecule has 1 fully saturated rings. The predicted molar refractivity (Wildman–Crippen MR) is 111 cm³/mol. The van der Waals surface area contributed by atoms with Crippen molar-refractivity contribution in [3.8, 4) is 0 Å². The highest BCUT2D eigenvalue weighted by molar-refractivity contribution is 7.91. The van der Waals surface area contributed by atoms with E-state index in [1.165, 1.54) is 12.1 Å². The molecule has 1 saturated carbocycles. The maximum Gasteiger partial charge on any atom is 0.256 e. The number of hydrogen-bond acceptors (Lipinski definition) is 6. The Kier molecular flexibility index (Phi) is 5.14. The summed E-state index contributed by atoms with van der Waals surface area (Å²) in [5.74, 6) is 0.606. The molecule has 0 saturated heterocycles. The number of hydrogen-bond donors (Lipinski definition) is 1. The van der Waals surface area contributed by atoms with Crippen molar-refractivity contribution in [1.29, 1.82) is 0 Å². The van der Waals surface area contributed by atoms with Crippen molar-refractivity contribution in [2.45, 2.75) is 23.7 Å². The molecular formula is C21H23N3O4S. The number of benzene rings is 2. The standard InChI is InChI=1S/C21H23N3O4S/c1-24(2)11-12-29(26,27)19-6-4-3-5-16(19)20(25)22-15-9-10-17-18(13-15)28-21(23-17)14-7-8-14/h3-6,9-10,13-14H,7-8,11-12H2,1-2H3,(H,22,25). The Balaban J connectivity index is 1.58. The number of nitrogens with zero attached hydrogens (tertiary/aromatic N) is 2. The molecule has 3 aromatic rings. The molecule has 0 bridgehead atoms. The average Bonchev–Trinajstić information content (AvgIpc) is 3.46. The second-order valence-corrected chi connectivity index (χ2v) is 9.66. The largest absolute Gasteiger partial charge is 0.440 e. The van der Waals surface area contributed by atoms with Crippen LogP contribution in [0.15, 0.2) is 51.8 Å². The first-order valence-corrected chi connectivity index (χ1v) is 11.2. The number of oxazole rings is 1. The van der Waals surface area contributed by atoms with E-state index in [0.717, 1.165) is 24.2 Å². The molecule has 1 heterocycles.